The fourth-order valence-corrected chi connectivity index (χ4v) is 4.17. The van der Waals surface area contributed by atoms with Crippen molar-refractivity contribution in [3.05, 3.63) is 71.3 Å². The fraction of sp³-hybridized carbons (Fsp3) is 0.400. The van der Waals surface area contributed by atoms with Crippen LogP contribution in [0.5, 0.6) is 0 Å². The van der Waals surface area contributed by atoms with Crippen molar-refractivity contribution in [2.75, 3.05) is 13.1 Å². The summed E-state index contributed by atoms with van der Waals surface area (Å²) in [5, 5.41) is 0. The van der Waals surface area contributed by atoms with Crippen LogP contribution in [0.1, 0.15) is 54.3 Å². The molecule has 1 nitrogen and oxygen atoms in total. The Morgan fingerprint density at radius 3 is 2.32 bits per heavy atom. The second kappa shape index (κ2) is 6.97. The van der Waals surface area contributed by atoms with Crippen molar-refractivity contribution in [3.63, 3.8) is 0 Å². The van der Waals surface area contributed by atoms with Crippen molar-refractivity contribution in [1.29, 1.82) is 0 Å². The number of fused-ring (bicyclic) bond motifs is 3. The standard InChI is InChI=1S/C20H23N.BrH/c1-3-9-16(10-4-1)19-15-21-14-8-2-5-13-20(21)18-12-7-6-11-17(18)19;/h1,3-4,6-7,9-12,19-20H,2,5,8,13-15H2;1H. The monoisotopic (exact) mass is 357 g/mol. The van der Waals surface area contributed by atoms with E-state index in [9.17, 15) is 0 Å². The van der Waals surface area contributed by atoms with E-state index in [2.05, 4.69) is 59.5 Å². The largest absolute Gasteiger partial charge is 0.295 e. The van der Waals surface area contributed by atoms with Gasteiger partial charge in [-0.1, -0.05) is 67.4 Å². The highest BCUT2D eigenvalue weighted by Gasteiger charge is 2.33. The van der Waals surface area contributed by atoms with Crippen LogP contribution in [0.4, 0.5) is 0 Å². The number of hydrogen-bond acceptors (Lipinski definition) is 1. The summed E-state index contributed by atoms with van der Waals surface area (Å²) in [6.07, 6.45) is 5.47. The third-order valence-electron chi connectivity index (χ3n) is 5.21. The maximum Gasteiger partial charge on any atom is 0.0351 e. The third-order valence-corrected chi connectivity index (χ3v) is 5.21. The zero-order valence-electron chi connectivity index (χ0n) is 12.9. The van der Waals surface area contributed by atoms with Gasteiger partial charge < -0.3 is 0 Å². The number of halogens is 1. The van der Waals surface area contributed by atoms with E-state index in [-0.39, 0.29) is 17.0 Å². The molecule has 2 atom stereocenters. The van der Waals surface area contributed by atoms with E-state index in [4.69, 9.17) is 0 Å². The molecule has 0 radical (unpaired) electrons. The van der Waals surface area contributed by atoms with Crippen molar-refractivity contribution in [1.82, 2.24) is 4.90 Å². The van der Waals surface area contributed by atoms with E-state index in [0.717, 1.165) is 0 Å². The molecule has 116 valence electrons. The molecule has 2 heterocycles. The quantitative estimate of drug-likeness (QED) is 0.666. The van der Waals surface area contributed by atoms with Crippen LogP contribution >= 0.6 is 17.0 Å². The van der Waals surface area contributed by atoms with Gasteiger partial charge in [-0.3, -0.25) is 4.90 Å². The molecule has 0 aromatic heterocycles. The van der Waals surface area contributed by atoms with E-state index in [1.54, 1.807) is 11.1 Å². The number of benzene rings is 2. The third kappa shape index (κ3) is 2.87. The van der Waals surface area contributed by atoms with Gasteiger partial charge in [-0.05, 0) is 36.1 Å². The molecule has 0 spiro atoms. The molecule has 22 heavy (non-hydrogen) atoms. The average molecular weight is 358 g/mol. The van der Waals surface area contributed by atoms with Gasteiger partial charge in [0.05, 0.1) is 0 Å². The first kappa shape index (κ1) is 15.8. The fourth-order valence-electron chi connectivity index (χ4n) is 4.17. The normalized spacial score (nSPS) is 24.5. The molecule has 4 rings (SSSR count). The molecule has 0 aliphatic carbocycles. The summed E-state index contributed by atoms with van der Waals surface area (Å²) in [5.74, 6) is 0.539. The zero-order chi connectivity index (χ0) is 14.1. The lowest BCUT2D eigenvalue weighted by Gasteiger charge is -2.40. The minimum Gasteiger partial charge on any atom is -0.295 e. The lowest BCUT2D eigenvalue weighted by atomic mass is 9.80. The van der Waals surface area contributed by atoms with E-state index >= 15 is 0 Å². The summed E-state index contributed by atoms with van der Waals surface area (Å²) >= 11 is 0. The smallest absolute Gasteiger partial charge is 0.0351 e. The first-order chi connectivity index (χ1) is 10.4. The number of hydrogen-bond donors (Lipinski definition) is 0. The van der Waals surface area contributed by atoms with Gasteiger partial charge in [-0.25, -0.2) is 0 Å². The minimum absolute atomic E-state index is 0. The Hall–Kier alpha value is -1.12. The van der Waals surface area contributed by atoms with Gasteiger partial charge in [-0.2, -0.15) is 0 Å². The molecular formula is C20H24BrN. The van der Waals surface area contributed by atoms with Crippen LogP contribution in [0.15, 0.2) is 54.6 Å². The molecule has 1 saturated heterocycles. The molecule has 2 aromatic carbocycles. The topological polar surface area (TPSA) is 3.24 Å². The van der Waals surface area contributed by atoms with E-state index in [0.29, 0.717) is 12.0 Å². The Bertz CT molecular complexity index is 610. The van der Waals surface area contributed by atoms with E-state index in [1.807, 2.05) is 0 Å². The Morgan fingerprint density at radius 1 is 0.773 bits per heavy atom. The van der Waals surface area contributed by atoms with Gasteiger partial charge in [0.1, 0.15) is 0 Å². The SMILES string of the molecule is Br.c1ccc(C2CN3CCCCCC3c3ccccc32)cc1. The Balaban J connectivity index is 0.00000144. The lowest BCUT2D eigenvalue weighted by Crippen LogP contribution is -2.38. The highest BCUT2D eigenvalue weighted by atomic mass is 79.9. The van der Waals surface area contributed by atoms with Crippen LogP contribution in [-0.4, -0.2) is 18.0 Å². The lowest BCUT2D eigenvalue weighted by molar-refractivity contribution is 0.178. The summed E-state index contributed by atoms with van der Waals surface area (Å²) < 4.78 is 0. The highest BCUT2D eigenvalue weighted by Crippen LogP contribution is 2.42. The van der Waals surface area contributed by atoms with Crippen molar-refractivity contribution >= 4 is 17.0 Å². The van der Waals surface area contributed by atoms with E-state index in [1.165, 1.54) is 44.3 Å². The van der Waals surface area contributed by atoms with Crippen molar-refractivity contribution < 1.29 is 0 Å². The van der Waals surface area contributed by atoms with Crippen LogP contribution in [-0.2, 0) is 0 Å². The average Bonchev–Trinajstić information content (AvgIpc) is 2.80. The molecule has 0 N–H and O–H groups in total. The Kier molecular flexibility index (Phi) is 5.00. The molecule has 0 bridgehead atoms. The molecule has 2 heteroatoms. The van der Waals surface area contributed by atoms with Gasteiger partial charge in [0.25, 0.3) is 0 Å². The van der Waals surface area contributed by atoms with Crippen LogP contribution in [0.3, 0.4) is 0 Å². The van der Waals surface area contributed by atoms with Gasteiger partial charge in [0, 0.05) is 18.5 Å². The first-order valence-corrected chi connectivity index (χ1v) is 8.31. The van der Waals surface area contributed by atoms with E-state index < -0.39 is 0 Å². The highest BCUT2D eigenvalue weighted by molar-refractivity contribution is 8.93. The Labute approximate surface area is 144 Å². The zero-order valence-corrected chi connectivity index (χ0v) is 14.7. The van der Waals surface area contributed by atoms with Crippen molar-refractivity contribution in [2.45, 2.75) is 37.6 Å². The summed E-state index contributed by atoms with van der Waals surface area (Å²) in [6.45, 7) is 2.45. The van der Waals surface area contributed by atoms with Gasteiger partial charge in [0.2, 0.25) is 0 Å². The van der Waals surface area contributed by atoms with Crippen LogP contribution in [0, 0.1) is 0 Å². The molecule has 0 amide bonds. The molecule has 0 saturated carbocycles. The van der Waals surface area contributed by atoms with Crippen molar-refractivity contribution in [3.8, 4) is 0 Å². The summed E-state index contributed by atoms with van der Waals surface area (Å²) in [5.41, 5.74) is 4.61. The van der Waals surface area contributed by atoms with Gasteiger partial charge in [-0.15, -0.1) is 17.0 Å². The van der Waals surface area contributed by atoms with Gasteiger partial charge in [0.15, 0.2) is 0 Å². The van der Waals surface area contributed by atoms with Crippen LogP contribution in [0.25, 0.3) is 0 Å². The molecule has 2 aliphatic rings. The Morgan fingerprint density at radius 2 is 1.50 bits per heavy atom. The summed E-state index contributed by atoms with van der Waals surface area (Å²) in [6, 6.07) is 20.9. The molecule has 2 aliphatic heterocycles. The number of rotatable bonds is 1. The predicted octanol–water partition coefficient (Wildman–Crippen LogP) is 5.33. The van der Waals surface area contributed by atoms with Crippen LogP contribution in [0.2, 0.25) is 0 Å². The summed E-state index contributed by atoms with van der Waals surface area (Å²) in [4.78, 5) is 2.74. The first-order valence-electron chi connectivity index (χ1n) is 8.31. The summed E-state index contributed by atoms with van der Waals surface area (Å²) in [7, 11) is 0. The molecule has 2 unspecified atom stereocenters. The maximum atomic E-state index is 2.74. The second-order valence-corrected chi connectivity index (χ2v) is 6.45. The second-order valence-electron chi connectivity index (χ2n) is 6.45. The van der Waals surface area contributed by atoms with Crippen molar-refractivity contribution in [2.24, 2.45) is 0 Å². The number of nitrogens with zero attached hydrogens (tertiary/aromatic N) is 1. The molecule has 1 fully saturated rings. The minimum atomic E-state index is 0. The molecule has 2 aromatic rings. The van der Waals surface area contributed by atoms with Crippen LogP contribution < -0.4 is 0 Å². The van der Waals surface area contributed by atoms with Gasteiger partial charge >= 0.3 is 0 Å². The molecular weight excluding hydrogens is 334 g/mol. The predicted molar refractivity (Wildman–Crippen MR) is 97.8 cm³/mol. The maximum absolute atomic E-state index is 2.74.